The standard InChI is InChI=1S/C13H22BO3S/c1-10-11(7-5-3-2-4-6-8-15)12(16)9-13(10)17-18-14/h3,5,10-11,13-15H,2,4,6-9H2,1H3/t10-,11-,13-/m1/s1/i14T. The molecule has 1 saturated carbocycles. The lowest BCUT2D eigenvalue weighted by atomic mass is 9.93. The summed E-state index contributed by atoms with van der Waals surface area (Å²) in [5, 5.41) is 8.66. The van der Waals surface area contributed by atoms with Crippen molar-refractivity contribution < 1.29 is 14.1 Å². The number of aliphatic hydroxyl groups is 1. The van der Waals surface area contributed by atoms with Crippen LogP contribution in [0.4, 0.5) is 0 Å². The molecule has 101 valence electrons. The molecule has 0 amide bonds. The van der Waals surface area contributed by atoms with Crippen LogP contribution < -0.4 is 0 Å². The fourth-order valence-corrected chi connectivity index (χ4v) is 2.75. The van der Waals surface area contributed by atoms with E-state index in [1.807, 2.05) is 6.92 Å². The van der Waals surface area contributed by atoms with Crippen molar-refractivity contribution in [3.05, 3.63) is 12.2 Å². The molecule has 5 heteroatoms. The number of carbonyl (C=O) groups excluding carboxylic acids is 1. The Kier molecular flexibility index (Phi) is 6.91. The van der Waals surface area contributed by atoms with Crippen LogP contribution in [0.3, 0.4) is 0 Å². The number of unbranched alkanes of at least 4 members (excludes halogenated alkanes) is 2. The molecule has 0 aliphatic heterocycles. The number of aliphatic hydroxyl groups excluding tert-OH is 1. The maximum atomic E-state index is 11.9. The van der Waals surface area contributed by atoms with Crippen molar-refractivity contribution in [2.24, 2.45) is 11.8 Å². The van der Waals surface area contributed by atoms with Crippen LogP contribution in [-0.2, 0) is 8.98 Å². The van der Waals surface area contributed by atoms with Crippen molar-refractivity contribution >= 4 is 24.8 Å². The molecule has 0 saturated heterocycles. The SMILES string of the molecule is [3H][B]SO[C@@H]1CC(=O)[C@H](CC=CCCCCO)[C@H]1C. The summed E-state index contributed by atoms with van der Waals surface area (Å²) in [5.41, 5.74) is 0. The van der Waals surface area contributed by atoms with Gasteiger partial charge in [-0.05, 0) is 32.9 Å². The lowest BCUT2D eigenvalue weighted by Crippen LogP contribution is -2.17. The van der Waals surface area contributed by atoms with Crippen LogP contribution in [0.15, 0.2) is 12.2 Å². The van der Waals surface area contributed by atoms with Gasteiger partial charge in [0.25, 0.3) is 0 Å². The second kappa shape index (κ2) is 8.78. The van der Waals surface area contributed by atoms with Crippen molar-refractivity contribution in [3.63, 3.8) is 0 Å². The Balaban J connectivity index is 2.30. The number of ketones is 1. The lowest BCUT2D eigenvalue weighted by molar-refractivity contribution is -0.121. The second-order valence-electron chi connectivity index (χ2n) is 4.79. The van der Waals surface area contributed by atoms with Gasteiger partial charge in [0.1, 0.15) is 5.78 Å². The normalized spacial score (nSPS) is 28.9. The van der Waals surface area contributed by atoms with Crippen LogP contribution in [-0.4, -0.2) is 32.0 Å². The van der Waals surface area contributed by atoms with Gasteiger partial charge in [0.2, 0.25) is 7.09 Å². The molecule has 0 bridgehead atoms. The molecule has 0 aromatic heterocycles. The minimum Gasteiger partial charge on any atom is -0.396 e. The van der Waals surface area contributed by atoms with Gasteiger partial charge in [-0.3, -0.25) is 4.79 Å². The third kappa shape index (κ3) is 4.79. The van der Waals surface area contributed by atoms with E-state index in [0.29, 0.717) is 6.42 Å². The van der Waals surface area contributed by atoms with Crippen molar-refractivity contribution in [2.45, 2.75) is 45.1 Å². The van der Waals surface area contributed by atoms with Crippen molar-refractivity contribution in [1.29, 1.82) is 1.34 Å². The Labute approximate surface area is 116 Å². The summed E-state index contributed by atoms with van der Waals surface area (Å²) in [5.74, 6) is 0.524. The zero-order valence-electron chi connectivity index (χ0n) is 11.9. The molecule has 1 aliphatic rings. The van der Waals surface area contributed by atoms with Crippen LogP contribution in [0.2, 0.25) is 0 Å². The van der Waals surface area contributed by atoms with Crippen LogP contribution in [0.1, 0.15) is 39.0 Å². The maximum absolute atomic E-state index is 11.9. The van der Waals surface area contributed by atoms with E-state index in [1.165, 1.54) is 0 Å². The van der Waals surface area contributed by atoms with Gasteiger partial charge >= 0.3 is 0 Å². The van der Waals surface area contributed by atoms with Gasteiger partial charge < -0.3 is 9.29 Å². The van der Waals surface area contributed by atoms with E-state index in [4.69, 9.17) is 10.6 Å². The van der Waals surface area contributed by atoms with Crippen LogP contribution in [0, 0.1) is 11.8 Å². The van der Waals surface area contributed by atoms with Gasteiger partial charge in [-0.25, -0.2) is 0 Å². The first kappa shape index (κ1) is 14.2. The number of hydrogen-bond donors (Lipinski definition) is 1. The smallest absolute Gasteiger partial charge is 0.209 e. The third-order valence-corrected chi connectivity index (χ3v) is 3.91. The highest BCUT2D eigenvalue weighted by atomic mass is 32.2. The molecule has 0 unspecified atom stereocenters. The molecular formula is C13H22BO3S. The average Bonchev–Trinajstić information content (AvgIpc) is 2.67. The Morgan fingerprint density at radius 2 is 2.44 bits per heavy atom. The number of hydrogen-bond acceptors (Lipinski definition) is 4. The number of rotatable bonds is 9. The maximum Gasteiger partial charge on any atom is 0.209 e. The summed E-state index contributed by atoms with van der Waals surface area (Å²) >= 11 is 0.998. The zero-order valence-corrected chi connectivity index (χ0v) is 11.7. The Morgan fingerprint density at radius 3 is 3.17 bits per heavy atom. The predicted molar refractivity (Wildman–Crippen MR) is 76.6 cm³/mol. The van der Waals surface area contributed by atoms with Gasteiger partial charge in [-0.2, -0.15) is 0 Å². The summed E-state index contributed by atoms with van der Waals surface area (Å²) in [4.78, 5) is 11.9. The van der Waals surface area contributed by atoms with E-state index in [9.17, 15) is 4.79 Å². The molecule has 0 aromatic carbocycles. The minimum absolute atomic E-state index is 0.0467. The third-order valence-electron chi connectivity index (χ3n) is 3.55. The molecular weight excluding hydrogens is 247 g/mol. The number of carbonyl (C=O) groups is 1. The molecule has 1 N–H and O–H groups in total. The summed E-state index contributed by atoms with van der Waals surface area (Å²) in [6, 6.07) is 0. The van der Waals surface area contributed by atoms with E-state index in [1.54, 1.807) is 0 Å². The summed E-state index contributed by atoms with van der Waals surface area (Å²) < 4.78 is 12.3. The monoisotopic (exact) mass is 271 g/mol. The Hall–Kier alpha value is -0.255. The van der Waals surface area contributed by atoms with E-state index >= 15 is 0 Å². The van der Waals surface area contributed by atoms with E-state index in [0.717, 1.165) is 44.7 Å². The fourth-order valence-electron chi connectivity index (χ4n) is 2.36. The number of Topliss-reactive ketones (excluding diaryl/α,β-unsaturated/α-hetero) is 1. The molecule has 1 aliphatic carbocycles. The highest BCUT2D eigenvalue weighted by Gasteiger charge is 2.39. The molecule has 0 aromatic rings. The molecule has 1 rings (SSSR count). The van der Waals surface area contributed by atoms with Gasteiger partial charge in [-0.15, -0.1) is 0 Å². The molecule has 3 nitrogen and oxygen atoms in total. The van der Waals surface area contributed by atoms with Crippen molar-refractivity contribution in [1.82, 2.24) is 0 Å². The quantitative estimate of drug-likeness (QED) is 0.302. The van der Waals surface area contributed by atoms with E-state index < -0.39 is 0 Å². The molecule has 0 heterocycles. The fraction of sp³-hybridized carbons (Fsp3) is 0.769. The first-order valence-electron chi connectivity index (χ1n) is 7.09. The summed E-state index contributed by atoms with van der Waals surface area (Å²) in [6.07, 6.45) is 8.12. The van der Waals surface area contributed by atoms with Gasteiger partial charge in [-0.1, -0.05) is 31.0 Å². The molecule has 3 atom stereocenters. The zero-order chi connectivity index (χ0) is 14.1. The van der Waals surface area contributed by atoms with Crippen LogP contribution >= 0.6 is 11.9 Å². The summed E-state index contributed by atoms with van der Waals surface area (Å²) in [6.45, 7) is 2.29. The molecule has 1 radical (unpaired) electrons. The first-order chi connectivity index (χ1) is 9.20. The van der Waals surface area contributed by atoms with Crippen molar-refractivity contribution in [2.75, 3.05) is 6.61 Å². The van der Waals surface area contributed by atoms with Crippen LogP contribution in [0.5, 0.6) is 0 Å². The van der Waals surface area contributed by atoms with Gasteiger partial charge in [0.15, 0.2) is 0 Å². The Bertz CT molecular complexity index is 302. The lowest BCUT2D eigenvalue weighted by Gasteiger charge is -2.17. The van der Waals surface area contributed by atoms with Gasteiger partial charge in [0, 0.05) is 18.9 Å². The minimum atomic E-state index is -0.0631. The largest absolute Gasteiger partial charge is 0.396 e. The highest BCUT2D eigenvalue weighted by molar-refractivity contribution is 8.15. The Morgan fingerprint density at radius 1 is 1.61 bits per heavy atom. The number of allylic oxidation sites excluding steroid dienone is 2. The van der Waals surface area contributed by atoms with E-state index in [-0.39, 0.29) is 30.3 Å². The average molecular weight is 271 g/mol. The first-order valence-corrected chi connectivity index (χ1v) is 7.32. The topological polar surface area (TPSA) is 46.5 Å². The molecule has 0 spiro atoms. The van der Waals surface area contributed by atoms with Crippen molar-refractivity contribution in [3.8, 4) is 0 Å². The summed E-state index contributed by atoms with van der Waals surface area (Å²) in [7, 11) is 1.14. The highest BCUT2D eigenvalue weighted by Crippen LogP contribution is 2.35. The van der Waals surface area contributed by atoms with E-state index in [2.05, 4.69) is 12.2 Å². The molecule has 1 fully saturated rings. The van der Waals surface area contributed by atoms with Gasteiger partial charge in [0.05, 0.1) is 6.10 Å². The second-order valence-corrected chi connectivity index (χ2v) is 5.18. The van der Waals surface area contributed by atoms with Crippen LogP contribution in [0.25, 0.3) is 0 Å². The molecule has 18 heavy (non-hydrogen) atoms. The predicted octanol–water partition coefficient (Wildman–Crippen LogP) is 2.17.